The van der Waals surface area contributed by atoms with Gasteiger partial charge in [0, 0.05) is 0 Å². The van der Waals surface area contributed by atoms with Crippen molar-refractivity contribution >= 4 is 5.97 Å². The normalized spacial score (nSPS) is 32.7. The Kier molecular flexibility index (Phi) is 3.97. The number of esters is 1. The summed E-state index contributed by atoms with van der Waals surface area (Å²) in [6.45, 7) is 9.65. The fourth-order valence-corrected chi connectivity index (χ4v) is 1.82. The van der Waals surface area contributed by atoms with Gasteiger partial charge in [-0.2, -0.15) is 0 Å². The first kappa shape index (κ1) is 13.5. The van der Waals surface area contributed by atoms with E-state index in [0.717, 1.165) is 12.8 Å². The predicted molar refractivity (Wildman–Crippen MR) is 60.0 cm³/mol. The highest BCUT2D eigenvalue weighted by Gasteiger charge is 2.54. The van der Waals surface area contributed by atoms with E-state index in [0.29, 0.717) is 6.61 Å². The third-order valence-corrected chi connectivity index (χ3v) is 2.83. The molecule has 1 saturated heterocycles. The molecule has 1 aliphatic rings. The van der Waals surface area contributed by atoms with E-state index >= 15 is 0 Å². The molecule has 1 heterocycles. The highest BCUT2D eigenvalue weighted by molar-refractivity contribution is 5.80. The van der Waals surface area contributed by atoms with E-state index in [1.54, 1.807) is 20.8 Å². The van der Waals surface area contributed by atoms with E-state index in [2.05, 4.69) is 6.92 Å². The van der Waals surface area contributed by atoms with Crippen LogP contribution in [0.4, 0.5) is 0 Å². The van der Waals surface area contributed by atoms with E-state index < -0.39 is 11.4 Å². The van der Waals surface area contributed by atoms with Gasteiger partial charge in [-0.25, -0.2) is 4.79 Å². The minimum atomic E-state index is -0.989. The van der Waals surface area contributed by atoms with Crippen molar-refractivity contribution in [1.82, 2.24) is 0 Å². The van der Waals surface area contributed by atoms with Crippen LogP contribution in [0.2, 0.25) is 0 Å². The summed E-state index contributed by atoms with van der Waals surface area (Å²) in [5.74, 6) is -1.06. The van der Waals surface area contributed by atoms with Gasteiger partial charge in [0.25, 0.3) is 0 Å². The zero-order valence-corrected chi connectivity index (χ0v) is 10.8. The first-order valence-electron chi connectivity index (χ1n) is 5.87. The highest BCUT2D eigenvalue weighted by atomic mass is 16.8. The van der Waals surface area contributed by atoms with E-state index in [4.69, 9.17) is 14.2 Å². The standard InChI is InChI=1S/C12H22O4/c1-6-7-8-14-10(13)12(5)9(2)15-11(3,4)16-12/h9H,6-8H2,1-5H3/t9-,12+/m0/s1. The SMILES string of the molecule is CCCCOC(=O)[C@]1(C)OC(C)(C)O[C@H]1C. The Hall–Kier alpha value is -0.610. The van der Waals surface area contributed by atoms with Crippen LogP contribution in [0, 0.1) is 0 Å². The Balaban J connectivity index is 2.60. The Bertz CT molecular complexity index is 262. The summed E-state index contributed by atoms with van der Waals surface area (Å²) < 4.78 is 16.4. The average molecular weight is 230 g/mol. The zero-order chi connectivity index (χ0) is 12.4. The number of hydrogen-bond acceptors (Lipinski definition) is 4. The van der Waals surface area contributed by atoms with E-state index in [-0.39, 0.29) is 12.1 Å². The van der Waals surface area contributed by atoms with Crippen molar-refractivity contribution in [3.63, 3.8) is 0 Å². The second kappa shape index (κ2) is 4.72. The summed E-state index contributed by atoms with van der Waals surface area (Å²) in [6.07, 6.45) is 1.58. The molecule has 94 valence electrons. The van der Waals surface area contributed by atoms with Gasteiger partial charge in [0.2, 0.25) is 0 Å². The first-order chi connectivity index (χ1) is 7.32. The predicted octanol–water partition coefficient (Wildman–Crippen LogP) is 2.26. The molecule has 0 aromatic rings. The number of unbranched alkanes of at least 4 members (excludes halogenated alkanes) is 1. The summed E-state index contributed by atoms with van der Waals surface area (Å²) >= 11 is 0. The summed E-state index contributed by atoms with van der Waals surface area (Å²) in [6, 6.07) is 0. The number of hydrogen-bond donors (Lipinski definition) is 0. The molecule has 0 bridgehead atoms. The maximum atomic E-state index is 11.9. The molecule has 2 atom stereocenters. The lowest BCUT2D eigenvalue weighted by atomic mass is 10.0. The Morgan fingerprint density at radius 3 is 2.44 bits per heavy atom. The van der Waals surface area contributed by atoms with E-state index in [1.807, 2.05) is 6.92 Å². The van der Waals surface area contributed by atoms with Gasteiger partial charge in [-0.3, -0.25) is 0 Å². The molecule has 0 amide bonds. The lowest BCUT2D eigenvalue weighted by Gasteiger charge is -2.24. The van der Waals surface area contributed by atoms with Crippen LogP contribution in [-0.4, -0.2) is 30.1 Å². The molecule has 0 saturated carbocycles. The molecule has 1 rings (SSSR count). The van der Waals surface area contributed by atoms with Crippen LogP contribution in [0.25, 0.3) is 0 Å². The van der Waals surface area contributed by atoms with Crippen LogP contribution < -0.4 is 0 Å². The fourth-order valence-electron chi connectivity index (χ4n) is 1.82. The van der Waals surface area contributed by atoms with Crippen molar-refractivity contribution in [2.24, 2.45) is 0 Å². The van der Waals surface area contributed by atoms with Gasteiger partial charge in [0.15, 0.2) is 11.4 Å². The van der Waals surface area contributed by atoms with Crippen LogP contribution in [0.3, 0.4) is 0 Å². The molecular weight excluding hydrogens is 208 g/mol. The van der Waals surface area contributed by atoms with Crippen LogP contribution >= 0.6 is 0 Å². The molecule has 0 unspecified atom stereocenters. The zero-order valence-electron chi connectivity index (χ0n) is 10.8. The van der Waals surface area contributed by atoms with Crippen molar-refractivity contribution in [2.45, 2.75) is 65.0 Å². The second-order valence-electron chi connectivity index (χ2n) is 4.86. The van der Waals surface area contributed by atoms with Gasteiger partial charge in [0.05, 0.1) is 12.7 Å². The van der Waals surface area contributed by atoms with Gasteiger partial charge in [-0.05, 0) is 34.1 Å². The summed E-state index contributed by atoms with van der Waals surface area (Å²) in [4.78, 5) is 11.9. The second-order valence-corrected chi connectivity index (χ2v) is 4.86. The number of ether oxygens (including phenoxy) is 3. The third kappa shape index (κ3) is 2.74. The molecular formula is C12H22O4. The largest absolute Gasteiger partial charge is 0.463 e. The quantitative estimate of drug-likeness (QED) is 0.549. The van der Waals surface area contributed by atoms with Crippen LogP contribution in [0.1, 0.15) is 47.5 Å². The summed E-state index contributed by atoms with van der Waals surface area (Å²) in [5.41, 5.74) is -0.989. The first-order valence-corrected chi connectivity index (χ1v) is 5.87. The van der Waals surface area contributed by atoms with Gasteiger partial charge in [-0.15, -0.1) is 0 Å². The Morgan fingerprint density at radius 2 is 2.00 bits per heavy atom. The van der Waals surface area contributed by atoms with Gasteiger partial charge in [0.1, 0.15) is 0 Å². The lowest BCUT2D eigenvalue weighted by Crippen LogP contribution is -2.45. The van der Waals surface area contributed by atoms with Crippen LogP contribution in [-0.2, 0) is 19.0 Å². The van der Waals surface area contributed by atoms with Crippen molar-refractivity contribution in [1.29, 1.82) is 0 Å². The molecule has 0 aromatic carbocycles. The molecule has 1 aliphatic heterocycles. The van der Waals surface area contributed by atoms with Crippen LogP contribution in [0.15, 0.2) is 0 Å². The van der Waals surface area contributed by atoms with Gasteiger partial charge in [-0.1, -0.05) is 13.3 Å². The minimum Gasteiger partial charge on any atom is -0.463 e. The van der Waals surface area contributed by atoms with Crippen molar-refractivity contribution < 1.29 is 19.0 Å². The lowest BCUT2D eigenvalue weighted by molar-refractivity contribution is -0.186. The molecule has 4 heteroatoms. The Morgan fingerprint density at radius 1 is 1.38 bits per heavy atom. The van der Waals surface area contributed by atoms with Gasteiger partial charge < -0.3 is 14.2 Å². The molecule has 0 aliphatic carbocycles. The highest BCUT2D eigenvalue weighted by Crippen LogP contribution is 2.36. The Labute approximate surface area is 97.2 Å². The summed E-state index contributed by atoms with van der Waals surface area (Å²) in [5, 5.41) is 0. The molecule has 16 heavy (non-hydrogen) atoms. The van der Waals surface area contributed by atoms with Crippen LogP contribution in [0.5, 0.6) is 0 Å². The minimum absolute atomic E-state index is 0.295. The fraction of sp³-hybridized carbons (Fsp3) is 0.917. The monoisotopic (exact) mass is 230 g/mol. The van der Waals surface area contributed by atoms with Gasteiger partial charge >= 0.3 is 5.97 Å². The molecule has 4 nitrogen and oxygen atoms in total. The number of rotatable bonds is 4. The molecule has 0 N–H and O–H groups in total. The third-order valence-electron chi connectivity index (χ3n) is 2.83. The van der Waals surface area contributed by atoms with E-state index in [9.17, 15) is 4.79 Å². The molecule has 0 spiro atoms. The maximum absolute atomic E-state index is 11.9. The topological polar surface area (TPSA) is 44.8 Å². The summed E-state index contributed by atoms with van der Waals surface area (Å²) in [7, 11) is 0. The van der Waals surface area contributed by atoms with E-state index in [1.165, 1.54) is 0 Å². The number of carbonyl (C=O) groups is 1. The van der Waals surface area contributed by atoms with Crippen molar-refractivity contribution in [3.05, 3.63) is 0 Å². The maximum Gasteiger partial charge on any atom is 0.340 e. The smallest absolute Gasteiger partial charge is 0.340 e. The van der Waals surface area contributed by atoms with Crippen molar-refractivity contribution in [2.75, 3.05) is 6.61 Å². The number of carbonyl (C=O) groups excluding carboxylic acids is 1. The molecule has 0 aromatic heterocycles. The van der Waals surface area contributed by atoms with Crippen molar-refractivity contribution in [3.8, 4) is 0 Å². The average Bonchev–Trinajstić information content (AvgIpc) is 2.36. The molecule has 0 radical (unpaired) electrons. The molecule has 1 fully saturated rings.